The second kappa shape index (κ2) is 7.84. The minimum atomic E-state index is -0.847. The lowest BCUT2D eigenvalue weighted by Crippen LogP contribution is -2.47. The van der Waals surface area contributed by atoms with Gasteiger partial charge in [0.25, 0.3) is 0 Å². The highest BCUT2D eigenvalue weighted by molar-refractivity contribution is 5.96. The topological polar surface area (TPSA) is 100 Å². The van der Waals surface area contributed by atoms with Gasteiger partial charge in [0, 0.05) is 29.6 Å². The van der Waals surface area contributed by atoms with Gasteiger partial charge in [-0.05, 0) is 24.1 Å². The lowest BCUT2D eigenvalue weighted by Gasteiger charge is -2.21. The van der Waals surface area contributed by atoms with Gasteiger partial charge in [0.1, 0.15) is 0 Å². The molecule has 0 aliphatic carbocycles. The Bertz CT molecular complexity index is 904. The lowest BCUT2D eigenvalue weighted by molar-refractivity contribution is -0.121. The van der Waals surface area contributed by atoms with Crippen molar-refractivity contribution in [1.82, 2.24) is 15.6 Å². The molecule has 0 fully saturated rings. The third-order valence-electron chi connectivity index (χ3n) is 4.47. The minimum Gasteiger partial charge on any atom is -0.361 e. The van der Waals surface area contributed by atoms with E-state index in [2.05, 4.69) is 33.8 Å². The van der Waals surface area contributed by atoms with Crippen LogP contribution in [0.2, 0.25) is 0 Å². The summed E-state index contributed by atoms with van der Waals surface area (Å²) in [5.74, 6) is -0.389. The number of carbonyl (C=O) groups excluding carboxylic acids is 2. The number of rotatable bonds is 6. The highest BCUT2D eigenvalue weighted by Gasteiger charge is 2.21. The maximum atomic E-state index is 11.9. The van der Waals surface area contributed by atoms with Crippen molar-refractivity contribution >= 4 is 22.8 Å². The van der Waals surface area contributed by atoms with E-state index in [1.165, 1.54) is 0 Å². The summed E-state index contributed by atoms with van der Waals surface area (Å²) in [7, 11) is 0. The van der Waals surface area contributed by atoms with Crippen molar-refractivity contribution in [1.29, 1.82) is 0 Å². The van der Waals surface area contributed by atoms with Crippen LogP contribution in [0.5, 0.6) is 0 Å². The van der Waals surface area contributed by atoms with Crippen molar-refractivity contribution in [3.63, 3.8) is 0 Å². The second-order valence-electron chi connectivity index (χ2n) is 6.24. The third-order valence-corrected chi connectivity index (χ3v) is 4.47. The summed E-state index contributed by atoms with van der Waals surface area (Å²) >= 11 is 0. The van der Waals surface area contributed by atoms with Crippen LogP contribution in [-0.2, 0) is 4.79 Å². The van der Waals surface area contributed by atoms with E-state index < -0.39 is 18.0 Å². The normalized spacial score (nSPS) is 13.3. The molecule has 3 aromatic rings. The van der Waals surface area contributed by atoms with E-state index in [0.717, 1.165) is 22.0 Å². The van der Waals surface area contributed by atoms with Crippen molar-refractivity contribution in [2.45, 2.75) is 18.9 Å². The highest BCUT2D eigenvalue weighted by atomic mass is 16.2. The van der Waals surface area contributed by atoms with E-state index in [9.17, 15) is 9.59 Å². The van der Waals surface area contributed by atoms with Crippen LogP contribution < -0.4 is 16.4 Å². The van der Waals surface area contributed by atoms with Gasteiger partial charge in [-0.3, -0.25) is 10.1 Å². The van der Waals surface area contributed by atoms with E-state index >= 15 is 0 Å². The summed E-state index contributed by atoms with van der Waals surface area (Å²) in [5, 5.41) is 6.46. The molecule has 3 rings (SSSR count). The average molecular weight is 350 g/mol. The van der Waals surface area contributed by atoms with Crippen LogP contribution in [0, 0.1) is 0 Å². The fraction of sp³-hybridized carbons (Fsp3) is 0.200. The molecule has 5 N–H and O–H groups in total. The summed E-state index contributed by atoms with van der Waals surface area (Å²) in [6.45, 7) is 2.24. The van der Waals surface area contributed by atoms with Gasteiger partial charge in [0.15, 0.2) is 0 Å². The Morgan fingerprint density at radius 1 is 1.08 bits per heavy atom. The first-order valence-electron chi connectivity index (χ1n) is 8.51. The van der Waals surface area contributed by atoms with Crippen molar-refractivity contribution in [2.75, 3.05) is 6.54 Å². The molecule has 0 spiro atoms. The standard InChI is InChI=1S/C20H22N4O2/c1-13(19(25)24-20(21)26)22-11-16(14-7-3-2-4-8-14)17-12-23-18-10-6-5-9-15(17)18/h2-10,12-13,16,22-23H,11H2,1H3,(H3,21,24,25,26)/t13-,16+/m1/s1. The van der Waals surface area contributed by atoms with Gasteiger partial charge >= 0.3 is 6.03 Å². The van der Waals surface area contributed by atoms with Gasteiger partial charge in [0.2, 0.25) is 5.91 Å². The zero-order valence-corrected chi connectivity index (χ0v) is 14.5. The zero-order valence-electron chi connectivity index (χ0n) is 14.5. The second-order valence-corrected chi connectivity index (χ2v) is 6.24. The Morgan fingerprint density at radius 2 is 1.77 bits per heavy atom. The van der Waals surface area contributed by atoms with Crippen LogP contribution in [0.3, 0.4) is 0 Å². The number of hydrogen-bond acceptors (Lipinski definition) is 3. The van der Waals surface area contributed by atoms with Gasteiger partial charge in [-0.1, -0.05) is 48.5 Å². The van der Waals surface area contributed by atoms with Gasteiger partial charge in [0.05, 0.1) is 6.04 Å². The SMILES string of the molecule is C[C@@H](NC[C@@H](c1ccccc1)c1c[nH]c2ccccc12)C(=O)NC(N)=O. The van der Waals surface area contributed by atoms with Gasteiger partial charge in [-0.15, -0.1) is 0 Å². The molecule has 6 nitrogen and oxygen atoms in total. The number of fused-ring (bicyclic) bond motifs is 1. The molecule has 3 amide bonds. The fourth-order valence-electron chi connectivity index (χ4n) is 3.09. The molecule has 0 radical (unpaired) electrons. The molecule has 2 aromatic carbocycles. The predicted octanol–water partition coefficient (Wildman–Crippen LogP) is 2.47. The number of nitrogens with one attached hydrogen (secondary N) is 3. The quantitative estimate of drug-likeness (QED) is 0.549. The first-order valence-corrected chi connectivity index (χ1v) is 8.51. The molecule has 26 heavy (non-hydrogen) atoms. The van der Waals surface area contributed by atoms with Crippen LogP contribution in [0.4, 0.5) is 4.79 Å². The number of amides is 3. The molecule has 0 bridgehead atoms. The van der Waals surface area contributed by atoms with Crippen molar-refractivity contribution in [3.8, 4) is 0 Å². The number of hydrogen-bond donors (Lipinski definition) is 4. The smallest absolute Gasteiger partial charge is 0.318 e. The molecule has 1 heterocycles. The summed E-state index contributed by atoms with van der Waals surface area (Å²) in [4.78, 5) is 26.1. The molecule has 134 valence electrons. The highest BCUT2D eigenvalue weighted by Crippen LogP contribution is 2.30. The molecule has 1 aromatic heterocycles. The number of nitrogens with two attached hydrogens (primary N) is 1. The summed E-state index contributed by atoms with van der Waals surface area (Å²) in [6, 6.07) is 16.9. The molecule has 0 aliphatic heterocycles. The predicted molar refractivity (Wildman–Crippen MR) is 102 cm³/mol. The Kier molecular flexibility index (Phi) is 5.34. The molecule has 0 aliphatic rings. The number of H-pyrrole nitrogens is 1. The van der Waals surface area contributed by atoms with Crippen LogP contribution in [0.25, 0.3) is 10.9 Å². The number of aromatic nitrogens is 1. The number of para-hydroxylation sites is 1. The number of primary amides is 1. The molecular formula is C20H22N4O2. The zero-order chi connectivity index (χ0) is 18.5. The number of imide groups is 1. The summed E-state index contributed by atoms with van der Waals surface area (Å²) in [6.07, 6.45) is 2.01. The Morgan fingerprint density at radius 3 is 2.50 bits per heavy atom. The largest absolute Gasteiger partial charge is 0.361 e. The first kappa shape index (κ1) is 17.7. The first-order chi connectivity index (χ1) is 12.6. The third kappa shape index (κ3) is 3.92. The van der Waals surface area contributed by atoms with E-state index in [0.29, 0.717) is 6.54 Å². The van der Waals surface area contributed by atoms with Crippen molar-refractivity contribution in [2.24, 2.45) is 5.73 Å². The maximum Gasteiger partial charge on any atom is 0.318 e. The number of urea groups is 1. The lowest BCUT2D eigenvalue weighted by atomic mass is 9.90. The van der Waals surface area contributed by atoms with Gasteiger partial charge < -0.3 is 16.0 Å². The van der Waals surface area contributed by atoms with E-state index in [1.54, 1.807) is 6.92 Å². The maximum absolute atomic E-state index is 11.9. The van der Waals surface area contributed by atoms with Crippen LogP contribution in [0.1, 0.15) is 24.0 Å². The molecule has 0 unspecified atom stereocenters. The molecule has 2 atom stereocenters. The Balaban J connectivity index is 1.86. The van der Waals surface area contributed by atoms with E-state index in [1.807, 2.05) is 42.6 Å². The number of benzene rings is 2. The van der Waals surface area contributed by atoms with Gasteiger partial charge in [-0.25, -0.2) is 4.79 Å². The number of carbonyl (C=O) groups is 2. The van der Waals surface area contributed by atoms with E-state index in [4.69, 9.17) is 5.73 Å². The Labute approximate surface area is 151 Å². The van der Waals surface area contributed by atoms with Crippen LogP contribution >= 0.6 is 0 Å². The molecule has 6 heteroatoms. The molecule has 0 saturated heterocycles. The van der Waals surface area contributed by atoms with E-state index in [-0.39, 0.29) is 5.92 Å². The van der Waals surface area contributed by atoms with Gasteiger partial charge in [-0.2, -0.15) is 0 Å². The number of aromatic amines is 1. The Hall–Kier alpha value is -3.12. The minimum absolute atomic E-state index is 0.0520. The monoisotopic (exact) mass is 350 g/mol. The van der Waals surface area contributed by atoms with Crippen LogP contribution in [0.15, 0.2) is 60.8 Å². The average Bonchev–Trinajstić information content (AvgIpc) is 3.06. The van der Waals surface area contributed by atoms with Crippen LogP contribution in [-0.4, -0.2) is 29.5 Å². The molecular weight excluding hydrogens is 328 g/mol. The summed E-state index contributed by atoms with van der Waals surface area (Å²) in [5.41, 5.74) is 8.39. The van der Waals surface area contributed by atoms with Crippen molar-refractivity contribution in [3.05, 3.63) is 71.9 Å². The molecule has 0 saturated carbocycles. The van der Waals surface area contributed by atoms with Crippen molar-refractivity contribution < 1.29 is 9.59 Å². The fourth-order valence-corrected chi connectivity index (χ4v) is 3.09. The summed E-state index contributed by atoms with van der Waals surface area (Å²) < 4.78 is 0.